The Bertz CT molecular complexity index is 552. The fourth-order valence-corrected chi connectivity index (χ4v) is 1.71. The molecule has 0 fully saturated rings. The highest BCUT2D eigenvalue weighted by Gasteiger charge is 2.07. The Labute approximate surface area is 111 Å². The first-order chi connectivity index (χ1) is 9.19. The Morgan fingerprint density at radius 3 is 2.95 bits per heavy atom. The van der Waals surface area contributed by atoms with Crippen LogP contribution < -0.4 is 5.32 Å². The number of hydrogen-bond acceptors (Lipinski definition) is 4. The van der Waals surface area contributed by atoms with Crippen molar-refractivity contribution < 1.29 is 9.90 Å². The Morgan fingerprint density at radius 1 is 1.47 bits per heavy atom. The second kappa shape index (κ2) is 5.99. The van der Waals surface area contributed by atoms with Gasteiger partial charge in [0.15, 0.2) is 0 Å². The van der Waals surface area contributed by atoms with Crippen LogP contribution in [0.5, 0.6) is 0 Å². The van der Waals surface area contributed by atoms with Gasteiger partial charge < -0.3 is 10.4 Å². The van der Waals surface area contributed by atoms with E-state index in [0.717, 1.165) is 5.69 Å². The molecule has 2 aromatic rings. The van der Waals surface area contributed by atoms with E-state index in [-0.39, 0.29) is 5.56 Å². The van der Waals surface area contributed by atoms with Crippen LogP contribution in [0.3, 0.4) is 0 Å². The van der Waals surface area contributed by atoms with Crippen molar-refractivity contribution >= 4 is 11.8 Å². The molecule has 100 valence electrons. The van der Waals surface area contributed by atoms with Crippen LogP contribution in [-0.2, 0) is 13.0 Å². The number of nitrogens with one attached hydrogen (secondary N) is 1. The molecule has 19 heavy (non-hydrogen) atoms. The van der Waals surface area contributed by atoms with E-state index in [4.69, 9.17) is 5.11 Å². The van der Waals surface area contributed by atoms with Gasteiger partial charge in [0.25, 0.3) is 0 Å². The summed E-state index contributed by atoms with van der Waals surface area (Å²) in [6, 6.07) is 5.00. The summed E-state index contributed by atoms with van der Waals surface area (Å²) in [6.45, 7) is 3.29. The van der Waals surface area contributed by atoms with Gasteiger partial charge in [-0.25, -0.2) is 9.78 Å². The van der Waals surface area contributed by atoms with Crippen LogP contribution >= 0.6 is 0 Å². The van der Waals surface area contributed by atoms with Gasteiger partial charge in [-0.05, 0) is 24.6 Å². The van der Waals surface area contributed by atoms with Crippen molar-refractivity contribution in [3.05, 3.63) is 41.9 Å². The first-order valence-corrected chi connectivity index (χ1v) is 6.14. The van der Waals surface area contributed by atoms with Gasteiger partial charge in [0.2, 0.25) is 0 Å². The maximum absolute atomic E-state index is 11.0. The van der Waals surface area contributed by atoms with Crippen LogP contribution in [-0.4, -0.2) is 32.4 Å². The van der Waals surface area contributed by atoms with Crippen molar-refractivity contribution in [3.63, 3.8) is 0 Å². The van der Waals surface area contributed by atoms with Crippen molar-refractivity contribution in [1.82, 2.24) is 14.8 Å². The number of carboxylic acid groups (broad SMARTS) is 1. The molecule has 0 radical (unpaired) electrons. The average Bonchev–Trinajstić information content (AvgIpc) is 2.91. The molecule has 2 N–H and O–H groups in total. The number of aromatic nitrogens is 3. The molecular weight excluding hydrogens is 244 g/mol. The van der Waals surface area contributed by atoms with Crippen molar-refractivity contribution in [3.8, 4) is 0 Å². The maximum Gasteiger partial charge on any atom is 0.335 e. The third kappa shape index (κ3) is 3.54. The van der Waals surface area contributed by atoms with Crippen molar-refractivity contribution in [1.29, 1.82) is 0 Å². The summed E-state index contributed by atoms with van der Waals surface area (Å²) in [5, 5.41) is 16.2. The number of nitrogens with zero attached hydrogens (tertiary/aromatic N) is 3. The summed E-state index contributed by atoms with van der Waals surface area (Å²) >= 11 is 0. The van der Waals surface area contributed by atoms with Crippen molar-refractivity contribution in [2.24, 2.45) is 0 Å². The summed E-state index contributed by atoms with van der Waals surface area (Å²) in [6.07, 6.45) is 4.30. The van der Waals surface area contributed by atoms with Crippen LogP contribution in [0.25, 0.3) is 0 Å². The van der Waals surface area contributed by atoms with Gasteiger partial charge in [-0.2, -0.15) is 5.10 Å². The number of carbonyl (C=O) groups is 1. The molecule has 0 amide bonds. The second-order valence-corrected chi connectivity index (χ2v) is 4.09. The van der Waals surface area contributed by atoms with Crippen LogP contribution in [0, 0.1) is 0 Å². The zero-order valence-corrected chi connectivity index (χ0v) is 10.7. The molecule has 0 aromatic carbocycles. The molecular formula is C13H16N4O2. The number of rotatable bonds is 6. The molecule has 0 bridgehead atoms. The number of hydrogen-bond donors (Lipinski definition) is 2. The highest BCUT2D eigenvalue weighted by molar-refractivity contribution is 5.88. The fourth-order valence-electron chi connectivity index (χ4n) is 1.71. The van der Waals surface area contributed by atoms with E-state index in [1.54, 1.807) is 23.0 Å². The van der Waals surface area contributed by atoms with Gasteiger partial charge >= 0.3 is 5.97 Å². The van der Waals surface area contributed by atoms with Crippen LogP contribution in [0.4, 0.5) is 5.82 Å². The number of aromatic carboxylic acids is 1. The zero-order chi connectivity index (χ0) is 13.7. The van der Waals surface area contributed by atoms with E-state index in [1.165, 1.54) is 0 Å². The Balaban J connectivity index is 2.02. The summed E-state index contributed by atoms with van der Waals surface area (Å²) in [5.74, 6) is -0.351. The monoisotopic (exact) mass is 260 g/mol. The Morgan fingerprint density at radius 2 is 2.32 bits per heavy atom. The summed E-state index contributed by atoms with van der Waals surface area (Å²) in [4.78, 5) is 15.4. The lowest BCUT2D eigenvalue weighted by atomic mass is 10.2. The molecule has 0 aliphatic rings. The lowest BCUT2D eigenvalue weighted by Crippen LogP contribution is -2.13. The predicted octanol–water partition coefficient (Wildman–Crippen LogP) is 1.65. The van der Waals surface area contributed by atoms with Gasteiger partial charge in [0.1, 0.15) is 5.82 Å². The number of aryl methyl sites for hydroxylation is 1. The van der Waals surface area contributed by atoms with E-state index in [9.17, 15) is 4.79 Å². The number of carboxylic acids is 1. The number of pyridine rings is 1. The fraction of sp³-hybridized carbons (Fsp3) is 0.308. The standard InChI is InChI=1S/C13H16N4O2/c1-2-11-8-10(13(18)19)9-12(16-11)14-5-7-17-6-3-4-15-17/h3-4,6,8-9H,2,5,7H2,1H3,(H,14,16)(H,18,19). The van der Waals surface area contributed by atoms with Gasteiger partial charge in [-0.15, -0.1) is 0 Å². The van der Waals surface area contributed by atoms with Crippen LogP contribution in [0.15, 0.2) is 30.6 Å². The molecule has 6 heteroatoms. The topological polar surface area (TPSA) is 80.0 Å². The minimum atomic E-state index is -0.938. The third-order valence-electron chi connectivity index (χ3n) is 2.69. The van der Waals surface area contributed by atoms with Crippen molar-refractivity contribution in [2.45, 2.75) is 19.9 Å². The van der Waals surface area contributed by atoms with Gasteiger partial charge in [-0.1, -0.05) is 6.92 Å². The molecule has 0 saturated heterocycles. The molecule has 0 unspecified atom stereocenters. The first kappa shape index (κ1) is 13.1. The largest absolute Gasteiger partial charge is 0.478 e. The molecule has 0 saturated carbocycles. The first-order valence-electron chi connectivity index (χ1n) is 6.14. The van der Waals surface area contributed by atoms with Gasteiger partial charge in [0.05, 0.1) is 12.1 Å². The Hall–Kier alpha value is -2.37. The van der Waals surface area contributed by atoms with Gasteiger partial charge in [0, 0.05) is 24.6 Å². The van der Waals surface area contributed by atoms with E-state index >= 15 is 0 Å². The Kier molecular flexibility index (Phi) is 4.12. The van der Waals surface area contributed by atoms with E-state index in [2.05, 4.69) is 15.4 Å². The molecule has 2 aromatic heterocycles. The molecule has 0 spiro atoms. The van der Waals surface area contributed by atoms with Crippen LogP contribution in [0.2, 0.25) is 0 Å². The molecule has 0 aliphatic carbocycles. The smallest absolute Gasteiger partial charge is 0.335 e. The third-order valence-corrected chi connectivity index (χ3v) is 2.69. The predicted molar refractivity (Wildman–Crippen MR) is 71.3 cm³/mol. The lowest BCUT2D eigenvalue weighted by molar-refractivity contribution is 0.0696. The highest BCUT2D eigenvalue weighted by atomic mass is 16.4. The minimum Gasteiger partial charge on any atom is -0.478 e. The van der Waals surface area contributed by atoms with E-state index < -0.39 is 5.97 Å². The molecule has 0 atom stereocenters. The number of anilines is 1. The highest BCUT2D eigenvalue weighted by Crippen LogP contribution is 2.11. The zero-order valence-electron chi connectivity index (χ0n) is 10.7. The van der Waals surface area contributed by atoms with E-state index in [1.807, 2.05) is 19.2 Å². The van der Waals surface area contributed by atoms with Crippen molar-refractivity contribution in [2.75, 3.05) is 11.9 Å². The normalized spacial score (nSPS) is 10.4. The van der Waals surface area contributed by atoms with Gasteiger partial charge in [-0.3, -0.25) is 4.68 Å². The quantitative estimate of drug-likeness (QED) is 0.825. The lowest BCUT2D eigenvalue weighted by Gasteiger charge is -2.08. The molecule has 2 rings (SSSR count). The average molecular weight is 260 g/mol. The summed E-state index contributed by atoms with van der Waals surface area (Å²) < 4.78 is 1.80. The summed E-state index contributed by atoms with van der Waals surface area (Å²) in [5.41, 5.74) is 1.02. The maximum atomic E-state index is 11.0. The SMILES string of the molecule is CCc1cc(C(=O)O)cc(NCCn2cccn2)n1. The van der Waals surface area contributed by atoms with E-state index in [0.29, 0.717) is 25.3 Å². The second-order valence-electron chi connectivity index (χ2n) is 4.09. The molecule has 2 heterocycles. The molecule has 6 nitrogen and oxygen atoms in total. The summed E-state index contributed by atoms with van der Waals surface area (Å²) in [7, 11) is 0. The minimum absolute atomic E-state index is 0.258. The van der Waals surface area contributed by atoms with Crippen LogP contribution in [0.1, 0.15) is 23.0 Å². The molecule has 0 aliphatic heterocycles.